The minimum atomic E-state index is -0.901. The van der Waals surface area contributed by atoms with Crippen molar-refractivity contribution >= 4 is 17.8 Å². The molecule has 1 N–H and O–H groups in total. The number of hydrogen-bond donors (Lipinski definition) is 1. The molecular formula is C33H35N3O4. The third-order valence-corrected chi connectivity index (χ3v) is 7.44. The first-order valence-corrected chi connectivity index (χ1v) is 13.6. The van der Waals surface area contributed by atoms with Crippen molar-refractivity contribution in [3.8, 4) is 6.07 Å². The number of benzene rings is 3. The second-order valence-corrected chi connectivity index (χ2v) is 10.8. The number of nitrogens with one attached hydrogen (secondary N) is 1. The summed E-state index contributed by atoms with van der Waals surface area (Å²) in [4.78, 5) is 41.4. The Bertz CT molecular complexity index is 1340. The number of carbonyl (C=O) groups is 3. The number of nitrogens with zero attached hydrogens (tertiary/aromatic N) is 2. The van der Waals surface area contributed by atoms with Gasteiger partial charge in [0.1, 0.15) is 6.61 Å². The molecule has 2 amide bonds. The Labute approximate surface area is 235 Å². The number of piperidine rings is 1. The van der Waals surface area contributed by atoms with E-state index in [2.05, 4.69) is 11.4 Å². The highest BCUT2D eigenvalue weighted by Crippen LogP contribution is 2.33. The fourth-order valence-corrected chi connectivity index (χ4v) is 5.22. The highest BCUT2D eigenvalue weighted by Gasteiger charge is 2.41. The molecule has 1 atom stereocenters. The lowest BCUT2D eigenvalue weighted by atomic mass is 9.79. The van der Waals surface area contributed by atoms with Crippen molar-refractivity contribution in [2.24, 2.45) is 5.92 Å². The van der Waals surface area contributed by atoms with Crippen molar-refractivity contribution in [3.05, 3.63) is 107 Å². The van der Waals surface area contributed by atoms with Crippen LogP contribution in [0.15, 0.2) is 84.9 Å². The molecule has 7 heteroatoms. The molecule has 40 heavy (non-hydrogen) atoms. The van der Waals surface area contributed by atoms with Crippen molar-refractivity contribution in [2.45, 2.75) is 51.2 Å². The van der Waals surface area contributed by atoms with E-state index in [1.165, 1.54) is 0 Å². The number of hydrogen-bond acceptors (Lipinski definition) is 5. The molecule has 1 fully saturated rings. The zero-order valence-electron chi connectivity index (χ0n) is 23.0. The molecule has 3 aromatic rings. The lowest BCUT2D eigenvalue weighted by Crippen LogP contribution is -2.54. The van der Waals surface area contributed by atoms with Gasteiger partial charge >= 0.3 is 5.97 Å². The van der Waals surface area contributed by atoms with Crippen LogP contribution in [0.5, 0.6) is 0 Å². The molecule has 206 valence electrons. The van der Waals surface area contributed by atoms with Crippen LogP contribution < -0.4 is 5.32 Å². The maximum Gasteiger partial charge on any atom is 0.306 e. The highest BCUT2D eigenvalue weighted by atomic mass is 16.5. The van der Waals surface area contributed by atoms with Crippen LogP contribution in [0.1, 0.15) is 66.1 Å². The fourth-order valence-electron chi connectivity index (χ4n) is 5.22. The molecule has 1 aliphatic rings. The van der Waals surface area contributed by atoms with Crippen LogP contribution in [0.2, 0.25) is 0 Å². The molecule has 4 rings (SSSR count). The molecule has 0 radical (unpaired) electrons. The van der Waals surface area contributed by atoms with E-state index in [0.29, 0.717) is 43.5 Å². The van der Waals surface area contributed by atoms with Crippen LogP contribution in [0.3, 0.4) is 0 Å². The summed E-state index contributed by atoms with van der Waals surface area (Å²) in [6, 6.07) is 27.6. The van der Waals surface area contributed by atoms with E-state index >= 15 is 0 Å². The van der Waals surface area contributed by atoms with Gasteiger partial charge in [-0.2, -0.15) is 5.26 Å². The molecule has 0 saturated carbocycles. The van der Waals surface area contributed by atoms with Crippen LogP contribution >= 0.6 is 0 Å². The monoisotopic (exact) mass is 537 g/mol. The first-order valence-electron chi connectivity index (χ1n) is 13.6. The molecule has 1 aliphatic heterocycles. The number of amides is 2. The molecule has 1 unspecified atom stereocenters. The van der Waals surface area contributed by atoms with Gasteiger partial charge in [0.2, 0.25) is 5.91 Å². The summed E-state index contributed by atoms with van der Waals surface area (Å²) in [5.41, 5.74) is 1.77. The van der Waals surface area contributed by atoms with Gasteiger partial charge in [-0.3, -0.25) is 14.4 Å². The number of rotatable bonds is 9. The van der Waals surface area contributed by atoms with E-state index < -0.39 is 11.5 Å². The Morgan fingerprint density at radius 1 is 0.950 bits per heavy atom. The Balaban J connectivity index is 1.39. The van der Waals surface area contributed by atoms with Crippen LogP contribution in [-0.4, -0.2) is 41.3 Å². The van der Waals surface area contributed by atoms with Crippen molar-refractivity contribution in [1.29, 1.82) is 5.26 Å². The minimum Gasteiger partial charge on any atom is -0.461 e. The molecule has 1 saturated heterocycles. The molecule has 0 spiro atoms. The summed E-state index contributed by atoms with van der Waals surface area (Å²) < 4.78 is 5.46. The Kier molecular flexibility index (Phi) is 9.34. The smallest absolute Gasteiger partial charge is 0.306 e. The summed E-state index contributed by atoms with van der Waals surface area (Å²) >= 11 is 0. The molecular weight excluding hydrogens is 502 g/mol. The first-order chi connectivity index (χ1) is 19.3. The maximum absolute atomic E-state index is 14.0. The molecule has 0 aliphatic carbocycles. The Hall–Kier alpha value is -4.44. The van der Waals surface area contributed by atoms with Gasteiger partial charge in [0, 0.05) is 25.1 Å². The number of carbonyl (C=O) groups excluding carboxylic acids is 3. The number of nitriles is 1. The van der Waals surface area contributed by atoms with E-state index in [0.717, 1.165) is 11.1 Å². The molecule has 1 heterocycles. The van der Waals surface area contributed by atoms with Crippen LogP contribution in [-0.2, 0) is 20.9 Å². The first kappa shape index (κ1) is 28.6. The van der Waals surface area contributed by atoms with Crippen molar-refractivity contribution < 1.29 is 19.1 Å². The second-order valence-electron chi connectivity index (χ2n) is 10.8. The van der Waals surface area contributed by atoms with E-state index in [9.17, 15) is 14.4 Å². The van der Waals surface area contributed by atoms with Crippen LogP contribution in [0, 0.1) is 17.2 Å². The van der Waals surface area contributed by atoms with Gasteiger partial charge < -0.3 is 15.0 Å². The summed E-state index contributed by atoms with van der Waals surface area (Å²) in [7, 11) is 0. The fraction of sp³-hybridized carbons (Fsp3) is 0.333. The van der Waals surface area contributed by atoms with Crippen LogP contribution in [0.25, 0.3) is 0 Å². The normalized spacial score (nSPS) is 14.6. The zero-order chi connectivity index (χ0) is 28.5. The largest absolute Gasteiger partial charge is 0.461 e. The van der Waals surface area contributed by atoms with Gasteiger partial charge in [-0.05, 0) is 68.0 Å². The summed E-state index contributed by atoms with van der Waals surface area (Å²) in [6.07, 6.45) is 1.76. The van der Waals surface area contributed by atoms with Crippen molar-refractivity contribution in [3.63, 3.8) is 0 Å². The van der Waals surface area contributed by atoms with E-state index in [1.54, 1.807) is 24.3 Å². The summed E-state index contributed by atoms with van der Waals surface area (Å²) in [6.45, 7) is 5.06. The SMILES string of the molecule is CC(C)(NC(=O)c1ccc(C#N)cc1)C(C(=O)N1CCC(CC(=O)OCc2ccccc2)CC1)c1ccccc1. The quantitative estimate of drug-likeness (QED) is 0.377. The highest BCUT2D eigenvalue weighted by molar-refractivity contribution is 5.96. The summed E-state index contributed by atoms with van der Waals surface area (Å²) in [5.74, 6) is -1.03. The van der Waals surface area contributed by atoms with Gasteiger partial charge in [0.15, 0.2) is 0 Å². The average molecular weight is 538 g/mol. The predicted molar refractivity (Wildman–Crippen MR) is 152 cm³/mol. The topological polar surface area (TPSA) is 99.5 Å². The van der Waals surface area contributed by atoms with E-state index in [1.807, 2.05) is 79.4 Å². The van der Waals surface area contributed by atoms with Gasteiger partial charge in [0.25, 0.3) is 5.91 Å². The van der Waals surface area contributed by atoms with Crippen LogP contribution in [0.4, 0.5) is 0 Å². The average Bonchev–Trinajstić information content (AvgIpc) is 2.97. The van der Waals surface area contributed by atoms with Gasteiger partial charge in [0.05, 0.1) is 23.1 Å². The van der Waals surface area contributed by atoms with E-state index in [-0.39, 0.29) is 30.3 Å². The lowest BCUT2D eigenvalue weighted by Gasteiger charge is -2.40. The predicted octanol–water partition coefficient (Wildman–Crippen LogP) is 5.22. The summed E-state index contributed by atoms with van der Waals surface area (Å²) in [5, 5.41) is 12.1. The Morgan fingerprint density at radius 2 is 1.55 bits per heavy atom. The van der Waals surface area contributed by atoms with Gasteiger partial charge in [-0.15, -0.1) is 0 Å². The second kappa shape index (κ2) is 13.1. The molecule has 3 aromatic carbocycles. The third kappa shape index (κ3) is 7.35. The Morgan fingerprint density at radius 3 is 2.15 bits per heavy atom. The number of likely N-dealkylation sites (tertiary alicyclic amines) is 1. The standard InChI is InChI=1S/C33H35N3O4/c1-33(2,35-31(38)28-15-13-25(22-34)14-16-28)30(27-11-7-4-8-12-27)32(39)36-19-17-24(18-20-36)21-29(37)40-23-26-9-5-3-6-10-26/h3-16,24,30H,17-21,23H2,1-2H3,(H,35,38). The van der Waals surface area contributed by atoms with Crippen molar-refractivity contribution in [2.75, 3.05) is 13.1 Å². The van der Waals surface area contributed by atoms with Gasteiger partial charge in [-0.25, -0.2) is 0 Å². The molecule has 7 nitrogen and oxygen atoms in total. The zero-order valence-corrected chi connectivity index (χ0v) is 23.0. The van der Waals surface area contributed by atoms with Gasteiger partial charge in [-0.1, -0.05) is 60.7 Å². The third-order valence-electron chi connectivity index (χ3n) is 7.44. The number of ether oxygens (including phenoxy) is 1. The maximum atomic E-state index is 14.0. The lowest BCUT2D eigenvalue weighted by molar-refractivity contribution is -0.146. The minimum absolute atomic E-state index is 0.0542. The molecule has 0 aromatic heterocycles. The van der Waals surface area contributed by atoms with Crippen molar-refractivity contribution in [1.82, 2.24) is 10.2 Å². The molecule has 0 bridgehead atoms. The van der Waals surface area contributed by atoms with E-state index in [4.69, 9.17) is 10.00 Å². The number of esters is 1.